The van der Waals surface area contributed by atoms with Gasteiger partial charge in [0.1, 0.15) is 5.82 Å². The van der Waals surface area contributed by atoms with Crippen molar-refractivity contribution in [2.75, 3.05) is 17.7 Å². The Morgan fingerprint density at radius 3 is 2.48 bits per heavy atom. The monoisotopic (exact) mass is 303 g/mol. The Balaban J connectivity index is 1.73. The van der Waals surface area contributed by atoms with Gasteiger partial charge in [-0.25, -0.2) is 9.97 Å². The van der Waals surface area contributed by atoms with Gasteiger partial charge in [0.05, 0.1) is 16.7 Å². The molecule has 112 valence electrons. The number of para-hydroxylation sites is 2. The number of anilines is 1. The SMILES string of the molecule is Cc1nc2ccccc2nc1NCC1CCCCC1CCl. The van der Waals surface area contributed by atoms with Crippen molar-refractivity contribution in [2.24, 2.45) is 11.8 Å². The molecule has 1 saturated carbocycles. The van der Waals surface area contributed by atoms with E-state index in [0.717, 1.165) is 35.0 Å². The molecule has 0 bridgehead atoms. The summed E-state index contributed by atoms with van der Waals surface area (Å²) in [6.07, 6.45) is 5.17. The summed E-state index contributed by atoms with van der Waals surface area (Å²) < 4.78 is 0. The predicted molar refractivity (Wildman–Crippen MR) is 88.9 cm³/mol. The van der Waals surface area contributed by atoms with Crippen LogP contribution in [0.5, 0.6) is 0 Å². The molecule has 0 amide bonds. The van der Waals surface area contributed by atoms with Crippen LogP contribution >= 0.6 is 11.6 Å². The van der Waals surface area contributed by atoms with Crippen molar-refractivity contribution < 1.29 is 0 Å². The van der Waals surface area contributed by atoms with E-state index < -0.39 is 0 Å². The second-order valence-electron chi connectivity index (χ2n) is 5.99. The van der Waals surface area contributed by atoms with Crippen molar-refractivity contribution in [2.45, 2.75) is 32.6 Å². The second kappa shape index (κ2) is 6.61. The molecule has 3 nitrogen and oxygen atoms in total. The lowest BCUT2D eigenvalue weighted by atomic mass is 9.80. The first-order chi connectivity index (χ1) is 10.3. The molecule has 2 atom stereocenters. The zero-order valence-corrected chi connectivity index (χ0v) is 13.2. The van der Waals surface area contributed by atoms with Crippen LogP contribution in [0, 0.1) is 18.8 Å². The molecular weight excluding hydrogens is 282 g/mol. The molecule has 0 radical (unpaired) electrons. The largest absolute Gasteiger partial charge is 0.368 e. The van der Waals surface area contributed by atoms with Gasteiger partial charge in [-0.2, -0.15) is 0 Å². The maximum absolute atomic E-state index is 6.11. The van der Waals surface area contributed by atoms with Gasteiger partial charge in [-0.1, -0.05) is 25.0 Å². The highest BCUT2D eigenvalue weighted by Crippen LogP contribution is 2.31. The van der Waals surface area contributed by atoms with E-state index in [1.807, 2.05) is 31.2 Å². The Labute approximate surface area is 131 Å². The summed E-state index contributed by atoms with van der Waals surface area (Å²) in [4.78, 5) is 9.33. The van der Waals surface area contributed by atoms with Crippen molar-refractivity contribution in [3.8, 4) is 0 Å². The highest BCUT2D eigenvalue weighted by molar-refractivity contribution is 6.18. The van der Waals surface area contributed by atoms with Crippen LogP contribution in [0.2, 0.25) is 0 Å². The molecule has 0 saturated heterocycles. The van der Waals surface area contributed by atoms with Crippen LogP contribution in [-0.4, -0.2) is 22.4 Å². The Kier molecular flexibility index (Phi) is 4.59. The highest BCUT2D eigenvalue weighted by atomic mass is 35.5. The average molecular weight is 304 g/mol. The zero-order valence-electron chi connectivity index (χ0n) is 12.5. The fraction of sp³-hybridized carbons (Fsp3) is 0.529. The number of alkyl halides is 1. The number of rotatable bonds is 4. The fourth-order valence-corrected chi connectivity index (χ4v) is 3.65. The van der Waals surface area contributed by atoms with E-state index in [1.54, 1.807) is 0 Å². The third-order valence-electron chi connectivity index (χ3n) is 4.54. The maximum atomic E-state index is 6.11. The van der Waals surface area contributed by atoms with Crippen LogP contribution in [0.25, 0.3) is 11.0 Å². The molecular formula is C17H22ClN3. The summed E-state index contributed by atoms with van der Waals surface area (Å²) >= 11 is 6.11. The first-order valence-electron chi connectivity index (χ1n) is 7.81. The molecule has 0 spiro atoms. The number of fused-ring (bicyclic) bond motifs is 1. The normalized spacial score (nSPS) is 22.4. The molecule has 1 aliphatic rings. The molecule has 2 unspecified atom stereocenters. The lowest BCUT2D eigenvalue weighted by Gasteiger charge is -2.30. The molecule has 21 heavy (non-hydrogen) atoms. The quantitative estimate of drug-likeness (QED) is 0.851. The van der Waals surface area contributed by atoms with E-state index in [4.69, 9.17) is 16.6 Å². The van der Waals surface area contributed by atoms with Gasteiger partial charge in [0.2, 0.25) is 0 Å². The minimum absolute atomic E-state index is 0.640. The van der Waals surface area contributed by atoms with Gasteiger partial charge in [0.15, 0.2) is 0 Å². The van der Waals surface area contributed by atoms with E-state index in [2.05, 4.69) is 10.3 Å². The highest BCUT2D eigenvalue weighted by Gasteiger charge is 2.24. The summed E-state index contributed by atoms with van der Waals surface area (Å²) in [6.45, 7) is 2.97. The fourth-order valence-electron chi connectivity index (χ4n) is 3.24. The number of aromatic nitrogens is 2. The van der Waals surface area contributed by atoms with Gasteiger partial charge in [0.25, 0.3) is 0 Å². The Hall–Kier alpha value is -1.35. The molecule has 1 aliphatic carbocycles. The van der Waals surface area contributed by atoms with Gasteiger partial charge >= 0.3 is 0 Å². The summed E-state index contributed by atoms with van der Waals surface area (Å²) in [5.74, 6) is 2.98. The van der Waals surface area contributed by atoms with Gasteiger partial charge in [0, 0.05) is 12.4 Å². The third-order valence-corrected chi connectivity index (χ3v) is 4.94. The molecule has 4 heteroatoms. The van der Waals surface area contributed by atoms with E-state index >= 15 is 0 Å². The molecule has 2 aromatic rings. The standard InChI is InChI=1S/C17H22ClN3/c1-12-17(21-16-9-5-4-8-15(16)20-12)19-11-14-7-3-2-6-13(14)10-18/h4-5,8-9,13-14H,2-3,6-7,10-11H2,1H3,(H,19,21). The van der Waals surface area contributed by atoms with Gasteiger partial charge in [-0.3, -0.25) is 0 Å². The first kappa shape index (κ1) is 14.6. The Morgan fingerprint density at radius 1 is 1.10 bits per heavy atom. The van der Waals surface area contributed by atoms with Gasteiger partial charge in [-0.15, -0.1) is 11.6 Å². The topological polar surface area (TPSA) is 37.8 Å². The molecule has 1 aromatic heterocycles. The summed E-state index contributed by atoms with van der Waals surface area (Å²) in [5.41, 5.74) is 2.87. The number of halogens is 1. The van der Waals surface area contributed by atoms with Crippen LogP contribution in [0.1, 0.15) is 31.4 Å². The van der Waals surface area contributed by atoms with Crippen molar-refractivity contribution in [1.29, 1.82) is 0 Å². The number of nitrogens with one attached hydrogen (secondary N) is 1. The van der Waals surface area contributed by atoms with Crippen molar-refractivity contribution in [1.82, 2.24) is 9.97 Å². The zero-order chi connectivity index (χ0) is 14.7. The van der Waals surface area contributed by atoms with Crippen LogP contribution < -0.4 is 5.32 Å². The van der Waals surface area contributed by atoms with Crippen LogP contribution in [0.15, 0.2) is 24.3 Å². The maximum Gasteiger partial charge on any atom is 0.148 e. The Morgan fingerprint density at radius 2 is 1.76 bits per heavy atom. The van der Waals surface area contributed by atoms with Crippen LogP contribution in [0.3, 0.4) is 0 Å². The minimum atomic E-state index is 0.640. The van der Waals surface area contributed by atoms with E-state index in [1.165, 1.54) is 25.7 Å². The van der Waals surface area contributed by atoms with Crippen molar-refractivity contribution in [3.05, 3.63) is 30.0 Å². The molecule has 1 heterocycles. The van der Waals surface area contributed by atoms with Gasteiger partial charge < -0.3 is 5.32 Å². The van der Waals surface area contributed by atoms with Gasteiger partial charge in [-0.05, 0) is 43.7 Å². The van der Waals surface area contributed by atoms with E-state index in [9.17, 15) is 0 Å². The minimum Gasteiger partial charge on any atom is -0.368 e. The van der Waals surface area contributed by atoms with E-state index in [-0.39, 0.29) is 0 Å². The number of benzene rings is 1. The van der Waals surface area contributed by atoms with Crippen LogP contribution in [-0.2, 0) is 0 Å². The van der Waals surface area contributed by atoms with Crippen molar-refractivity contribution >= 4 is 28.5 Å². The number of nitrogens with zero attached hydrogens (tertiary/aromatic N) is 2. The lowest BCUT2D eigenvalue weighted by molar-refractivity contribution is 0.272. The smallest absolute Gasteiger partial charge is 0.148 e. The predicted octanol–water partition coefficient (Wildman–Crippen LogP) is 4.40. The van der Waals surface area contributed by atoms with E-state index in [0.29, 0.717) is 11.8 Å². The second-order valence-corrected chi connectivity index (χ2v) is 6.29. The molecule has 1 fully saturated rings. The number of hydrogen-bond donors (Lipinski definition) is 1. The third kappa shape index (κ3) is 3.29. The molecule has 1 aromatic carbocycles. The average Bonchev–Trinajstić information content (AvgIpc) is 2.53. The molecule has 0 aliphatic heterocycles. The van der Waals surface area contributed by atoms with Crippen LogP contribution in [0.4, 0.5) is 5.82 Å². The summed E-state index contributed by atoms with van der Waals surface area (Å²) in [6, 6.07) is 8.01. The Bertz CT molecular complexity index is 614. The number of hydrogen-bond acceptors (Lipinski definition) is 3. The lowest BCUT2D eigenvalue weighted by Crippen LogP contribution is -2.27. The summed E-state index contributed by atoms with van der Waals surface area (Å²) in [7, 11) is 0. The molecule has 1 N–H and O–H groups in total. The first-order valence-corrected chi connectivity index (χ1v) is 8.34. The van der Waals surface area contributed by atoms with Crippen molar-refractivity contribution in [3.63, 3.8) is 0 Å². The summed E-state index contributed by atoms with van der Waals surface area (Å²) in [5, 5.41) is 3.51. The molecule has 3 rings (SSSR count). The number of aryl methyl sites for hydroxylation is 1.